The summed E-state index contributed by atoms with van der Waals surface area (Å²) < 4.78 is 2.30. The standard InChI is InChI=1S/C13H16ClN3/c1-8(7-15)13-16-11-4-2-3-10(14)12(11)17(13)9-5-6-9/h2-4,8-9H,5-7,15H2,1H3. The van der Waals surface area contributed by atoms with Crippen molar-refractivity contribution in [1.82, 2.24) is 9.55 Å². The van der Waals surface area contributed by atoms with Crippen molar-refractivity contribution in [3.05, 3.63) is 29.0 Å². The maximum absolute atomic E-state index is 6.30. The van der Waals surface area contributed by atoms with Gasteiger partial charge in [-0.25, -0.2) is 4.98 Å². The van der Waals surface area contributed by atoms with E-state index in [9.17, 15) is 0 Å². The molecule has 1 saturated carbocycles. The van der Waals surface area contributed by atoms with Crippen molar-refractivity contribution >= 4 is 22.6 Å². The molecule has 0 spiro atoms. The highest BCUT2D eigenvalue weighted by molar-refractivity contribution is 6.35. The third-order valence-electron chi connectivity index (χ3n) is 3.39. The van der Waals surface area contributed by atoms with Crippen LogP contribution in [0.15, 0.2) is 18.2 Å². The number of imidazole rings is 1. The van der Waals surface area contributed by atoms with Crippen LogP contribution in [0.2, 0.25) is 5.02 Å². The second-order valence-electron chi connectivity index (χ2n) is 4.82. The molecule has 1 heterocycles. The number of fused-ring (bicyclic) bond motifs is 1. The summed E-state index contributed by atoms with van der Waals surface area (Å²) in [7, 11) is 0. The predicted molar refractivity (Wildman–Crippen MR) is 70.5 cm³/mol. The number of rotatable bonds is 3. The first-order valence-electron chi connectivity index (χ1n) is 6.08. The smallest absolute Gasteiger partial charge is 0.114 e. The summed E-state index contributed by atoms with van der Waals surface area (Å²) in [6.07, 6.45) is 2.45. The molecular formula is C13H16ClN3. The van der Waals surface area contributed by atoms with Crippen LogP contribution in [0.5, 0.6) is 0 Å². The fourth-order valence-electron chi connectivity index (χ4n) is 2.28. The van der Waals surface area contributed by atoms with Gasteiger partial charge >= 0.3 is 0 Å². The normalized spacial score (nSPS) is 17.6. The van der Waals surface area contributed by atoms with Crippen LogP contribution in [0.3, 0.4) is 0 Å². The Morgan fingerprint density at radius 3 is 2.94 bits per heavy atom. The van der Waals surface area contributed by atoms with E-state index < -0.39 is 0 Å². The SMILES string of the molecule is CC(CN)c1nc2cccc(Cl)c2n1C1CC1. The van der Waals surface area contributed by atoms with Gasteiger partial charge in [-0.2, -0.15) is 0 Å². The van der Waals surface area contributed by atoms with E-state index in [1.54, 1.807) is 0 Å². The Balaban J connectivity index is 2.28. The number of aromatic nitrogens is 2. The molecule has 1 aliphatic rings. The quantitative estimate of drug-likeness (QED) is 0.909. The van der Waals surface area contributed by atoms with Crippen molar-refractivity contribution in [3.63, 3.8) is 0 Å². The molecule has 2 aromatic rings. The summed E-state index contributed by atoms with van der Waals surface area (Å²) in [5.41, 5.74) is 7.83. The number of halogens is 1. The molecule has 0 saturated heterocycles. The van der Waals surface area contributed by atoms with Crippen molar-refractivity contribution in [3.8, 4) is 0 Å². The van der Waals surface area contributed by atoms with E-state index in [1.807, 2.05) is 18.2 Å². The van der Waals surface area contributed by atoms with Crippen molar-refractivity contribution < 1.29 is 0 Å². The summed E-state index contributed by atoms with van der Waals surface area (Å²) in [5.74, 6) is 1.36. The topological polar surface area (TPSA) is 43.8 Å². The molecule has 90 valence electrons. The maximum atomic E-state index is 6.30. The zero-order valence-electron chi connectivity index (χ0n) is 9.86. The Morgan fingerprint density at radius 1 is 1.53 bits per heavy atom. The van der Waals surface area contributed by atoms with Gasteiger partial charge in [0.1, 0.15) is 5.82 Å². The molecule has 3 nitrogen and oxygen atoms in total. The summed E-state index contributed by atoms with van der Waals surface area (Å²) in [4.78, 5) is 4.70. The van der Waals surface area contributed by atoms with E-state index in [0.29, 0.717) is 12.6 Å². The van der Waals surface area contributed by atoms with Crippen LogP contribution in [-0.2, 0) is 0 Å². The number of hydrogen-bond acceptors (Lipinski definition) is 2. The lowest BCUT2D eigenvalue weighted by Gasteiger charge is -2.12. The van der Waals surface area contributed by atoms with Gasteiger partial charge in [-0.15, -0.1) is 0 Å². The molecule has 3 rings (SSSR count). The van der Waals surface area contributed by atoms with Gasteiger partial charge in [0.15, 0.2) is 0 Å². The predicted octanol–water partition coefficient (Wildman–Crippen LogP) is 3.09. The Labute approximate surface area is 106 Å². The lowest BCUT2D eigenvalue weighted by atomic mass is 10.1. The van der Waals surface area contributed by atoms with Gasteiger partial charge in [-0.3, -0.25) is 0 Å². The van der Waals surface area contributed by atoms with Gasteiger partial charge in [-0.1, -0.05) is 24.6 Å². The van der Waals surface area contributed by atoms with Crippen LogP contribution in [0.1, 0.15) is 37.5 Å². The first-order chi connectivity index (χ1) is 8.22. The Bertz CT molecular complexity index is 557. The molecule has 1 unspecified atom stereocenters. The number of nitrogens with zero attached hydrogens (tertiary/aromatic N) is 2. The number of para-hydroxylation sites is 1. The van der Waals surface area contributed by atoms with E-state index in [4.69, 9.17) is 22.3 Å². The van der Waals surface area contributed by atoms with Gasteiger partial charge < -0.3 is 10.3 Å². The summed E-state index contributed by atoms with van der Waals surface area (Å²) in [6.45, 7) is 2.74. The average Bonchev–Trinajstić information content (AvgIpc) is 3.09. The third kappa shape index (κ3) is 1.74. The third-order valence-corrected chi connectivity index (χ3v) is 3.70. The van der Waals surface area contributed by atoms with Crippen molar-refractivity contribution in [2.45, 2.75) is 31.7 Å². The highest BCUT2D eigenvalue weighted by Gasteiger charge is 2.30. The van der Waals surface area contributed by atoms with E-state index >= 15 is 0 Å². The fraction of sp³-hybridized carbons (Fsp3) is 0.462. The van der Waals surface area contributed by atoms with Gasteiger partial charge in [0, 0.05) is 18.5 Å². The van der Waals surface area contributed by atoms with E-state index in [1.165, 1.54) is 12.8 Å². The molecule has 1 aliphatic carbocycles. The number of nitrogens with two attached hydrogens (primary N) is 1. The molecule has 0 radical (unpaired) electrons. The highest BCUT2D eigenvalue weighted by Crippen LogP contribution is 2.41. The molecule has 1 fully saturated rings. The summed E-state index contributed by atoms with van der Waals surface area (Å²) in [6, 6.07) is 6.48. The lowest BCUT2D eigenvalue weighted by molar-refractivity contribution is 0.629. The molecule has 0 bridgehead atoms. The molecule has 17 heavy (non-hydrogen) atoms. The molecule has 1 atom stereocenters. The molecule has 0 amide bonds. The summed E-state index contributed by atoms with van der Waals surface area (Å²) >= 11 is 6.30. The van der Waals surface area contributed by atoms with Gasteiger partial charge in [0.25, 0.3) is 0 Å². The van der Waals surface area contributed by atoms with Crippen LogP contribution in [0, 0.1) is 0 Å². The highest BCUT2D eigenvalue weighted by atomic mass is 35.5. The van der Waals surface area contributed by atoms with Crippen LogP contribution in [-0.4, -0.2) is 16.1 Å². The Hall–Kier alpha value is -1.06. The zero-order valence-corrected chi connectivity index (χ0v) is 10.6. The minimum absolute atomic E-state index is 0.277. The zero-order chi connectivity index (χ0) is 12.0. The largest absolute Gasteiger partial charge is 0.330 e. The van der Waals surface area contributed by atoms with Crippen molar-refractivity contribution in [2.24, 2.45) is 5.73 Å². The van der Waals surface area contributed by atoms with Crippen molar-refractivity contribution in [1.29, 1.82) is 0 Å². The van der Waals surface area contributed by atoms with Gasteiger partial charge in [0.2, 0.25) is 0 Å². The van der Waals surface area contributed by atoms with E-state index in [0.717, 1.165) is 21.9 Å². The number of benzene rings is 1. The minimum Gasteiger partial charge on any atom is -0.330 e. The second-order valence-corrected chi connectivity index (χ2v) is 5.22. The van der Waals surface area contributed by atoms with Crippen molar-refractivity contribution in [2.75, 3.05) is 6.54 Å². The first kappa shape index (κ1) is 11.1. The average molecular weight is 250 g/mol. The van der Waals surface area contributed by atoms with Crippen LogP contribution in [0.25, 0.3) is 11.0 Å². The van der Waals surface area contributed by atoms with Crippen LogP contribution in [0.4, 0.5) is 0 Å². The van der Waals surface area contributed by atoms with Crippen LogP contribution >= 0.6 is 11.6 Å². The second kappa shape index (κ2) is 4.00. The number of hydrogen-bond donors (Lipinski definition) is 1. The first-order valence-corrected chi connectivity index (χ1v) is 6.46. The molecule has 0 aliphatic heterocycles. The monoisotopic (exact) mass is 249 g/mol. The molecule has 2 N–H and O–H groups in total. The molecule has 4 heteroatoms. The Morgan fingerprint density at radius 2 is 2.29 bits per heavy atom. The maximum Gasteiger partial charge on any atom is 0.114 e. The molecule has 1 aromatic carbocycles. The Kier molecular flexibility index (Phi) is 2.60. The van der Waals surface area contributed by atoms with Gasteiger partial charge in [0.05, 0.1) is 16.1 Å². The van der Waals surface area contributed by atoms with E-state index in [2.05, 4.69) is 11.5 Å². The van der Waals surface area contributed by atoms with Gasteiger partial charge in [-0.05, 0) is 25.0 Å². The lowest BCUT2D eigenvalue weighted by Crippen LogP contribution is -2.14. The molecular weight excluding hydrogens is 234 g/mol. The van der Waals surface area contributed by atoms with E-state index in [-0.39, 0.29) is 5.92 Å². The van der Waals surface area contributed by atoms with Crippen LogP contribution < -0.4 is 5.73 Å². The fourth-order valence-corrected chi connectivity index (χ4v) is 2.54. The summed E-state index contributed by atoms with van der Waals surface area (Å²) in [5, 5.41) is 0.789. The molecule has 1 aromatic heterocycles. The minimum atomic E-state index is 0.277.